The van der Waals surface area contributed by atoms with E-state index in [1.165, 1.54) is 0 Å². The van der Waals surface area contributed by atoms with Crippen molar-refractivity contribution >= 4 is 57.8 Å². The average molecular weight is 476 g/mol. The number of rotatable bonds is 3. The Labute approximate surface area is 139 Å². The van der Waals surface area contributed by atoms with E-state index in [1.54, 1.807) is 10.4 Å². The van der Waals surface area contributed by atoms with Gasteiger partial charge < -0.3 is 0 Å². The molecule has 1 aromatic rings. The van der Waals surface area contributed by atoms with Crippen molar-refractivity contribution in [2.75, 3.05) is 11.9 Å². The first kappa shape index (κ1) is 15.9. The Kier molecular flexibility index (Phi) is 5.15. The van der Waals surface area contributed by atoms with Crippen LogP contribution >= 0.6 is 47.8 Å². The molecule has 2 rings (SSSR count). The van der Waals surface area contributed by atoms with Gasteiger partial charge in [-0.15, -0.1) is 0 Å². The lowest BCUT2D eigenvalue weighted by Crippen LogP contribution is -2.36. The molecule has 0 amide bonds. The summed E-state index contributed by atoms with van der Waals surface area (Å²) in [6, 6.07) is 3.56. The van der Waals surface area contributed by atoms with Gasteiger partial charge in [-0.25, -0.2) is 8.42 Å². The minimum Gasteiger partial charge on any atom is -0.207 e. The van der Waals surface area contributed by atoms with Gasteiger partial charge in [0.1, 0.15) is 0 Å². The first-order valence-electron chi connectivity index (χ1n) is 5.91. The maximum atomic E-state index is 12.7. The number of hydrogen-bond acceptors (Lipinski definition) is 2. The molecule has 1 aliphatic rings. The molecule has 0 radical (unpaired) electrons. The van der Waals surface area contributed by atoms with Crippen LogP contribution in [-0.4, -0.2) is 30.6 Å². The van der Waals surface area contributed by atoms with Crippen LogP contribution < -0.4 is 0 Å². The molecule has 1 heterocycles. The van der Waals surface area contributed by atoms with Crippen molar-refractivity contribution in [3.8, 4) is 0 Å². The standard InChI is InChI=1S/C12H14Br3NO2S/c1-8-5-11(15)12(6-10(8)14)19(17,18)16-4-2-3-9(16)7-13/h5-6,9H,2-4,7H2,1H3. The number of sulfonamides is 1. The Morgan fingerprint density at radius 2 is 2.00 bits per heavy atom. The van der Waals surface area contributed by atoms with Crippen LogP contribution in [0.3, 0.4) is 0 Å². The molecule has 0 bridgehead atoms. The van der Waals surface area contributed by atoms with Crippen LogP contribution in [0.2, 0.25) is 0 Å². The van der Waals surface area contributed by atoms with Gasteiger partial charge in [0.05, 0.1) is 4.90 Å². The Morgan fingerprint density at radius 1 is 1.32 bits per heavy atom. The summed E-state index contributed by atoms with van der Waals surface area (Å²) in [6.45, 7) is 2.53. The summed E-state index contributed by atoms with van der Waals surface area (Å²) in [7, 11) is -3.44. The van der Waals surface area contributed by atoms with E-state index in [0.29, 0.717) is 21.2 Å². The SMILES string of the molecule is Cc1cc(Br)c(S(=O)(=O)N2CCCC2CBr)cc1Br. The molecule has 0 N–H and O–H groups in total. The van der Waals surface area contributed by atoms with Gasteiger partial charge in [-0.1, -0.05) is 31.9 Å². The summed E-state index contributed by atoms with van der Waals surface area (Å²) < 4.78 is 28.5. The van der Waals surface area contributed by atoms with Gasteiger partial charge >= 0.3 is 0 Å². The van der Waals surface area contributed by atoms with Crippen LogP contribution in [0.5, 0.6) is 0 Å². The first-order valence-corrected chi connectivity index (χ1v) is 10.1. The van der Waals surface area contributed by atoms with Gasteiger partial charge in [0.2, 0.25) is 10.0 Å². The Bertz CT molecular complexity index is 589. The van der Waals surface area contributed by atoms with E-state index >= 15 is 0 Å². The fraction of sp³-hybridized carbons (Fsp3) is 0.500. The molecule has 1 aliphatic heterocycles. The van der Waals surface area contributed by atoms with Crippen LogP contribution in [0.15, 0.2) is 26.0 Å². The molecule has 0 saturated carbocycles. The molecule has 7 heteroatoms. The number of alkyl halides is 1. The van der Waals surface area contributed by atoms with Crippen LogP contribution in [0.25, 0.3) is 0 Å². The fourth-order valence-electron chi connectivity index (χ4n) is 2.23. The monoisotopic (exact) mass is 473 g/mol. The molecular weight excluding hydrogens is 462 g/mol. The Balaban J connectivity index is 2.48. The lowest BCUT2D eigenvalue weighted by molar-refractivity contribution is 0.413. The third-order valence-electron chi connectivity index (χ3n) is 3.30. The van der Waals surface area contributed by atoms with E-state index in [-0.39, 0.29) is 6.04 Å². The molecule has 3 nitrogen and oxygen atoms in total. The van der Waals surface area contributed by atoms with Crippen LogP contribution in [-0.2, 0) is 10.0 Å². The second-order valence-electron chi connectivity index (χ2n) is 4.60. The second-order valence-corrected chi connectivity index (χ2v) is 8.81. The summed E-state index contributed by atoms with van der Waals surface area (Å²) in [5.41, 5.74) is 1.00. The largest absolute Gasteiger partial charge is 0.244 e. The normalized spacial score (nSPS) is 20.9. The van der Waals surface area contributed by atoms with Gasteiger partial charge in [0.25, 0.3) is 0 Å². The smallest absolute Gasteiger partial charge is 0.207 e. The average Bonchev–Trinajstić information content (AvgIpc) is 2.82. The number of halogens is 3. The molecule has 0 aromatic heterocycles. The molecule has 0 aliphatic carbocycles. The van der Waals surface area contributed by atoms with Crippen molar-refractivity contribution in [3.63, 3.8) is 0 Å². The first-order chi connectivity index (χ1) is 8.87. The van der Waals surface area contributed by atoms with Crippen molar-refractivity contribution in [2.45, 2.75) is 30.7 Å². The third kappa shape index (κ3) is 3.10. The molecular formula is C12H14Br3NO2S. The summed E-state index contributed by atoms with van der Waals surface area (Å²) in [5, 5.41) is 0.677. The molecule has 1 atom stereocenters. The molecule has 19 heavy (non-hydrogen) atoms. The highest BCUT2D eigenvalue weighted by atomic mass is 79.9. The van der Waals surface area contributed by atoms with Crippen molar-refractivity contribution in [3.05, 3.63) is 26.6 Å². The highest BCUT2D eigenvalue weighted by Gasteiger charge is 2.35. The zero-order chi connectivity index (χ0) is 14.2. The maximum Gasteiger partial charge on any atom is 0.244 e. The quantitative estimate of drug-likeness (QED) is 0.618. The van der Waals surface area contributed by atoms with Crippen molar-refractivity contribution in [1.29, 1.82) is 0 Å². The van der Waals surface area contributed by atoms with Crippen molar-refractivity contribution < 1.29 is 8.42 Å². The summed E-state index contributed by atoms with van der Waals surface area (Å²) >= 11 is 10.2. The van der Waals surface area contributed by atoms with Gasteiger partial charge in [0.15, 0.2) is 0 Å². The van der Waals surface area contributed by atoms with Crippen LogP contribution in [0.1, 0.15) is 18.4 Å². The predicted octanol–water partition coefficient (Wildman–Crippen LogP) is 4.07. The van der Waals surface area contributed by atoms with Crippen LogP contribution in [0, 0.1) is 6.92 Å². The van der Waals surface area contributed by atoms with E-state index < -0.39 is 10.0 Å². The Morgan fingerprint density at radius 3 is 2.63 bits per heavy atom. The number of aryl methyl sites for hydroxylation is 1. The third-order valence-corrected chi connectivity index (χ3v) is 7.81. The molecule has 1 unspecified atom stereocenters. The minimum atomic E-state index is -3.44. The fourth-order valence-corrected chi connectivity index (χ4v) is 6.43. The topological polar surface area (TPSA) is 37.4 Å². The molecule has 1 saturated heterocycles. The number of benzene rings is 1. The highest BCUT2D eigenvalue weighted by Crippen LogP contribution is 2.34. The van der Waals surface area contributed by atoms with E-state index in [0.717, 1.165) is 22.9 Å². The number of hydrogen-bond donors (Lipinski definition) is 0. The maximum absolute atomic E-state index is 12.7. The molecule has 1 aromatic carbocycles. The van der Waals surface area contributed by atoms with Crippen molar-refractivity contribution in [1.82, 2.24) is 4.31 Å². The van der Waals surface area contributed by atoms with E-state index in [1.807, 2.05) is 13.0 Å². The van der Waals surface area contributed by atoms with Gasteiger partial charge in [-0.2, -0.15) is 4.31 Å². The van der Waals surface area contributed by atoms with Gasteiger partial charge in [-0.3, -0.25) is 0 Å². The van der Waals surface area contributed by atoms with Gasteiger partial charge in [0, 0.05) is 26.9 Å². The van der Waals surface area contributed by atoms with Gasteiger partial charge in [-0.05, 0) is 53.4 Å². The summed E-state index contributed by atoms with van der Waals surface area (Å²) in [5.74, 6) is 0. The lowest BCUT2D eigenvalue weighted by atomic mass is 10.2. The summed E-state index contributed by atoms with van der Waals surface area (Å²) in [4.78, 5) is 0.331. The predicted molar refractivity (Wildman–Crippen MR) is 87.3 cm³/mol. The highest BCUT2D eigenvalue weighted by molar-refractivity contribution is 9.11. The summed E-state index contributed by atoms with van der Waals surface area (Å²) in [6.07, 6.45) is 1.83. The van der Waals surface area contributed by atoms with E-state index in [4.69, 9.17) is 0 Å². The zero-order valence-corrected chi connectivity index (χ0v) is 15.9. The molecule has 106 valence electrons. The number of nitrogens with zero attached hydrogens (tertiary/aromatic N) is 1. The molecule has 1 fully saturated rings. The second kappa shape index (κ2) is 6.13. The van der Waals surface area contributed by atoms with Crippen LogP contribution in [0.4, 0.5) is 0 Å². The van der Waals surface area contributed by atoms with E-state index in [9.17, 15) is 8.42 Å². The Hall–Kier alpha value is 0.570. The lowest BCUT2D eigenvalue weighted by Gasteiger charge is -2.23. The zero-order valence-electron chi connectivity index (χ0n) is 10.4. The van der Waals surface area contributed by atoms with Crippen molar-refractivity contribution in [2.24, 2.45) is 0 Å². The van der Waals surface area contributed by atoms with E-state index in [2.05, 4.69) is 47.8 Å². The molecule has 0 spiro atoms. The minimum absolute atomic E-state index is 0.0528.